The number of hydrogen-bond acceptors (Lipinski definition) is 5. The van der Waals surface area contributed by atoms with Crippen LogP contribution < -0.4 is 0 Å². The molecule has 0 aliphatic heterocycles. The highest BCUT2D eigenvalue weighted by Gasteiger charge is 2.19. The van der Waals surface area contributed by atoms with Crippen molar-refractivity contribution >= 4 is 5.97 Å². The van der Waals surface area contributed by atoms with Gasteiger partial charge in [0.1, 0.15) is 18.1 Å². The fourth-order valence-corrected chi connectivity index (χ4v) is 1.78. The highest BCUT2D eigenvalue weighted by molar-refractivity contribution is 5.88. The van der Waals surface area contributed by atoms with Crippen LogP contribution in [-0.4, -0.2) is 28.1 Å². The van der Waals surface area contributed by atoms with Crippen molar-refractivity contribution in [2.24, 2.45) is 0 Å². The number of methoxy groups -OCH3 is 1. The third kappa shape index (κ3) is 2.27. The average Bonchev–Trinajstić information content (AvgIpc) is 2.95. The normalized spacial score (nSPS) is 10.6. The molecule has 0 bridgehead atoms. The molecule has 0 spiro atoms. The zero-order valence-corrected chi connectivity index (χ0v) is 10.6. The number of aromatic nitrogens is 3. The van der Waals surface area contributed by atoms with E-state index < -0.39 is 5.97 Å². The summed E-state index contributed by atoms with van der Waals surface area (Å²) >= 11 is 0. The standard InChI is InChI=1S/C12H15N3O3/c1-4-10-11(12(16)17-3)13-14-15(10)7-9-6-5-8(2)18-9/h5-6H,4,7H2,1-3H3. The van der Waals surface area contributed by atoms with Gasteiger partial charge >= 0.3 is 5.97 Å². The van der Waals surface area contributed by atoms with Crippen LogP contribution in [0.1, 0.15) is 34.6 Å². The molecular formula is C12H15N3O3. The van der Waals surface area contributed by atoms with Gasteiger partial charge in [0, 0.05) is 0 Å². The Bertz CT molecular complexity index is 557. The van der Waals surface area contributed by atoms with Crippen LogP contribution in [0.3, 0.4) is 0 Å². The van der Waals surface area contributed by atoms with E-state index in [2.05, 4.69) is 15.0 Å². The van der Waals surface area contributed by atoms with Gasteiger partial charge in [-0.25, -0.2) is 9.48 Å². The molecule has 0 unspecified atom stereocenters. The molecule has 0 saturated carbocycles. The van der Waals surface area contributed by atoms with E-state index in [-0.39, 0.29) is 5.69 Å². The first kappa shape index (κ1) is 12.3. The van der Waals surface area contributed by atoms with Crippen molar-refractivity contribution in [1.82, 2.24) is 15.0 Å². The maximum Gasteiger partial charge on any atom is 0.360 e. The SMILES string of the molecule is CCc1c(C(=O)OC)nnn1Cc1ccc(C)o1. The van der Waals surface area contributed by atoms with E-state index in [9.17, 15) is 4.79 Å². The summed E-state index contributed by atoms with van der Waals surface area (Å²) in [5.74, 6) is 1.16. The largest absolute Gasteiger partial charge is 0.464 e. The number of furan rings is 1. The number of carbonyl (C=O) groups is 1. The third-order valence-electron chi connectivity index (χ3n) is 2.65. The Morgan fingerprint density at radius 3 is 2.83 bits per heavy atom. The topological polar surface area (TPSA) is 70.2 Å². The quantitative estimate of drug-likeness (QED) is 0.769. The number of nitrogens with zero attached hydrogens (tertiary/aromatic N) is 3. The molecule has 6 nitrogen and oxygen atoms in total. The van der Waals surface area contributed by atoms with Crippen molar-refractivity contribution in [2.75, 3.05) is 7.11 Å². The van der Waals surface area contributed by atoms with Crippen molar-refractivity contribution < 1.29 is 13.9 Å². The Labute approximate surface area is 105 Å². The lowest BCUT2D eigenvalue weighted by Crippen LogP contribution is -2.09. The second kappa shape index (κ2) is 5.03. The minimum Gasteiger partial charge on any atom is -0.464 e. The number of rotatable bonds is 4. The Balaban J connectivity index is 2.28. The molecule has 0 N–H and O–H groups in total. The maximum absolute atomic E-state index is 11.5. The zero-order valence-electron chi connectivity index (χ0n) is 10.6. The predicted molar refractivity (Wildman–Crippen MR) is 63.3 cm³/mol. The second-order valence-electron chi connectivity index (χ2n) is 3.90. The average molecular weight is 249 g/mol. The van der Waals surface area contributed by atoms with Gasteiger partial charge in [-0.15, -0.1) is 5.10 Å². The number of esters is 1. The summed E-state index contributed by atoms with van der Waals surface area (Å²) in [6.45, 7) is 4.28. The number of aryl methyl sites for hydroxylation is 1. The Hall–Kier alpha value is -2.11. The van der Waals surface area contributed by atoms with E-state index in [1.165, 1.54) is 7.11 Å². The van der Waals surface area contributed by atoms with Gasteiger partial charge in [-0.2, -0.15) is 0 Å². The molecule has 0 aliphatic carbocycles. The van der Waals surface area contributed by atoms with Crippen molar-refractivity contribution in [2.45, 2.75) is 26.8 Å². The monoisotopic (exact) mass is 249 g/mol. The van der Waals surface area contributed by atoms with E-state index in [4.69, 9.17) is 4.42 Å². The lowest BCUT2D eigenvalue weighted by molar-refractivity contribution is 0.0592. The van der Waals surface area contributed by atoms with E-state index in [1.807, 2.05) is 26.0 Å². The van der Waals surface area contributed by atoms with E-state index >= 15 is 0 Å². The van der Waals surface area contributed by atoms with Gasteiger partial charge in [0.25, 0.3) is 0 Å². The fourth-order valence-electron chi connectivity index (χ4n) is 1.78. The van der Waals surface area contributed by atoms with E-state index in [0.29, 0.717) is 13.0 Å². The van der Waals surface area contributed by atoms with Crippen molar-refractivity contribution in [3.8, 4) is 0 Å². The third-order valence-corrected chi connectivity index (χ3v) is 2.65. The van der Waals surface area contributed by atoms with Crippen LogP contribution in [0, 0.1) is 6.92 Å². The minimum absolute atomic E-state index is 0.267. The van der Waals surface area contributed by atoms with Crippen LogP contribution in [0.25, 0.3) is 0 Å². The van der Waals surface area contributed by atoms with Crippen molar-refractivity contribution in [1.29, 1.82) is 0 Å². The summed E-state index contributed by atoms with van der Waals surface area (Å²) < 4.78 is 11.8. The molecule has 0 atom stereocenters. The first-order valence-electron chi connectivity index (χ1n) is 5.71. The summed E-state index contributed by atoms with van der Waals surface area (Å²) in [4.78, 5) is 11.5. The second-order valence-corrected chi connectivity index (χ2v) is 3.90. The summed E-state index contributed by atoms with van der Waals surface area (Å²) in [5.41, 5.74) is 1.01. The predicted octanol–water partition coefficient (Wildman–Crippen LogP) is 1.58. The van der Waals surface area contributed by atoms with Gasteiger partial charge in [-0.1, -0.05) is 12.1 Å². The Morgan fingerprint density at radius 2 is 2.28 bits per heavy atom. The van der Waals surface area contributed by atoms with Gasteiger partial charge in [0.05, 0.1) is 12.8 Å². The molecule has 0 radical (unpaired) electrons. The molecule has 0 aliphatic rings. The summed E-state index contributed by atoms with van der Waals surface area (Å²) in [7, 11) is 1.33. The van der Waals surface area contributed by atoms with Gasteiger partial charge < -0.3 is 9.15 Å². The molecule has 0 amide bonds. The number of carbonyl (C=O) groups excluding carboxylic acids is 1. The van der Waals surface area contributed by atoms with Gasteiger partial charge in [-0.05, 0) is 25.5 Å². The lowest BCUT2D eigenvalue weighted by Gasteiger charge is -2.03. The molecule has 2 aromatic rings. The lowest BCUT2D eigenvalue weighted by atomic mass is 10.2. The summed E-state index contributed by atoms with van der Waals surface area (Å²) in [6, 6.07) is 3.77. The number of ether oxygens (including phenoxy) is 1. The van der Waals surface area contributed by atoms with Crippen LogP contribution in [0.5, 0.6) is 0 Å². The first-order chi connectivity index (χ1) is 8.65. The van der Waals surface area contributed by atoms with E-state index in [1.54, 1.807) is 4.68 Å². The molecular weight excluding hydrogens is 234 g/mol. The van der Waals surface area contributed by atoms with Crippen LogP contribution in [0.15, 0.2) is 16.5 Å². The summed E-state index contributed by atoms with van der Waals surface area (Å²) in [5, 5.41) is 7.82. The zero-order chi connectivity index (χ0) is 13.1. The molecule has 2 rings (SSSR count). The molecule has 18 heavy (non-hydrogen) atoms. The molecule has 0 fully saturated rings. The highest BCUT2D eigenvalue weighted by Crippen LogP contribution is 2.12. The molecule has 0 saturated heterocycles. The van der Waals surface area contributed by atoms with Crippen molar-refractivity contribution in [3.63, 3.8) is 0 Å². The molecule has 2 heterocycles. The smallest absolute Gasteiger partial charge is 0.360 e. The van der Waals surface area contributed by atoms with Crippen LogP contribution >= 0.6 is 0 Å². The first-order valence-corrected chi connectivity index (χ1v) is 5.71. The summed E-state index contributed by atoms with van der Waals surface area (Å²) in [6.07, 6.45) is 0.650. The van der Waals surface area contributed by atoms with Crippen LogP contribution in [0.2, 0.25) is 0 Å². The molecule has 6 heteroatoms. The van der Waals surface area contributed by atoms with Crippen LogP contribution in [0.4, 0.5) is 0 Å². The molecule has 2 aromatic heterocycles. The Kier molecular flexibility index (Phi) is 3.45. The van der Waals surface area contributed by atoms with E-state index in [0.717, 1.165) is 17.2 Å². The number of hydrogen-bond donors (Lipinski definition) is 0. The Morgan fingerprint density at radius 1 is 1.50 bits per heavy atom. The molecule has 0 aromatic carbocycles. The maximum atomic E-state index is 11.5. The van der Waals surface area contributed by atoms with Crippen molar-refractivity contribution in [3.05, 3.63) is 35.0 Å². The fraction of sp³-hybridized carbons (Fsp3) is 0.417. The highest BCUT2D eigenvalue weighted by atomic mass is 16.5. The van der Waals surface area contributed by atoms with Gasteiger partial charge in [0.15, 0.2) is 5.69 Å². The van der Waals surface area contributed by atoms with Gasteiger partial charge in [0.2, 0.25) is 0 Å². The molecule has 96 valence electrons. The minimum atomic E-state index is -0.464. The van der Waals surface area contributed by atoms with Crippen LogP contribution in [-0.2, 0) is 17.7 Å². The van der Waals surface area contributed by atoms with Gasteiger partial charge in [-0.3, -0.25) is 0 Å².